The number of carbonyl (C=O) groups excluding carboxylic acids is 2. The molecule has 1 aliphatic rings. The summed E-state index contributed by atoms with van der Waals surface area (Å²) in [4.78, 5) is 27.9. The number of ether oxygens (including phenoxy) is 1. The quantitative estimate of drug-likeness (QED) is 0.791. The summed E-state index contributed by atoms with van der Waals surface area (Å²) < 4.78 is 19.2. The van der Waals surface area contributed by atoms with Gasteiger partial charge in [-0.1, -0.05) is 42.5 Å². The van der Waals surface area contributed by atoms with Crippen molar-refractivity contribution in [3.05, 3.63) is 66.0 Å². The summed E-state index contributed by atoms with van der Waals surface area (Å²) in [6.07, 6.45) is -0.950. The Hall–Kier alpha value is -2.89. The Morgan fingerprint density at radius 3 is 2.19 bits per heavy atom. The van der Waals surface area contributed by atoms with Crippen molar-refractivity contribution in [3.8, 4) is 0 Å². The molecule has 0 aromatic heterocycles. The van der Waals surface area contributed by atoms with Gasteiger partial charge in [0, 0.05) is 38.7 Å². The Morgan fingerprint density at radius 1 is 0.962 bits per heavy atom. The van der Waals surface area contributed by atoms with Crippen molar-refractivity contribution < 1.29 is 18.7 Å². The van der Waals surface area contributed by atoms with Gasteiger partial charge in [-0.05, 0) is 12.1 Å². The van der Waals surface area contributed by atoms with Crippen LogP contribution in [0, 0.1) is 5.82 Å². The third-order valence-corrected chi connectivity index (χ3v) is 4.39. The lowest BCUT2D eigenvalue weighted by Gasteiger charge is -2.37. The van der Waals surface area contributed by atoms with Gasteiger partial charge in [-0.15, -0.1) is 0 Å². The third-order valence-electron chi connectivity index (χ3n) is 4.39. The topological polar surface area (TPSA) is 49.9 Å². The zero-order valence-corrected chi connectivity index (χ0v) is 14.6. The van der Waals surface area contributed by atoms with Crippen molar-refractivity contribution in [2.24, 2.45) is 0 Å². The average Bonchev–Trinajstić information content (AvgIpc) is 2.67. The maximum Gasteiger partial charge on any atom is 0.303 e. The van der Waals surface area contributed by atoms with Gasteiger partial charge in [0.05, 0.1) is 5.69 Å². The van der Waals surface area contributed by atoms with E-state index in [4.69, 9.17) is 4.74 Å². The molecule has 0 saturated carbocycles. The van der Waals surface area contributed by atoms with E-state index in [-0.39, 0.29) is 11.7 Å². The number of nitrogens with zero attached hydrogens (tertiary/aromatic N) is 2. The van der Waals surface area contributed by atoms with E-state index in [1.807, 2.05) is 11.0 Å². The van der Waals surface area contributed by atoms with Crippen LogP contribution in [0.25, 0.3) is 0 Å². The summed E-state index contributed by atoms with van der Waals surface area (Å²) in [5.74, 6) is -1.02. The van der Waals surface area contributed by atoms with Gasteiger partial charge in [-0.3, -0.25) is 9.59 Å². The minimum atomic E-state index is -0.950. The molecule has 1 saturated heterocycles. The fourth-order valence-electron chi connectivity index (χ4n) is 3.10. The molecule has 6 heteroatoms. The van der Waals surface area contributed by atoms with Crippen LogP contribution in [0.5, 0.6) is 0 Å². The van der Waals surface area contributed by atoms with E-state index in [1.165, 1.54) is 13.0 Å². The molecule has 26 heavy (non-hydrogen) atoms. The van der Waals surface area contributed by atoms with Gasteiger partial charge in [0.2, 0.25) is 6.10 Å². The van der Waals surface area contributed by atoms with Crippen LogP contribution in [0.15, 0.2) is 54.6 Å². The van der Waals surface area contributed by atoms with Crippen LogP contribution in [0.4, 0.5) is 10.1 Å². The number of hydrogen-bond acceptors (Lipinski definition) is 4. The first kappa shape index (κ1) is 17.9. The highest BCUT2D eigenvalue weighted by Crippen LogP contribution is 2.24. The number of benzene rings is 2. The zero-order valence-electron chi connectivity index (χ0n) is 14.6. The van der Waals surface area contributed by atoms with Gasteiger partial charge in [-0.25, -0.2) is 4.39 Å². The lowest BCUT2D eigenvalue weighted by Crippen LogP contribution is -2.50. The van der Waals surface area contributed by atoms with Crippen molar-refractivity contribution in [2.45, 2.75) is 13.0 Å². The standard InChI is InChI=1S/C20H21FN2O3/c1-15(24)26-19(16-7-3-2-4-8-16)20(25)23-13-11-22(12-14-23)18-10-6-5-9-17(18)21/h2-10,19H,11-14H2,1H3/t19-/m0/s1. The minimum Gasteiger partial charge on any atom is -0.447 e. The Bertz CT molecular complexity index is 774. The van der Waals surface area contributed by atoms with E-state index in [9.17, 15) is 14.0 Å². The van der Waals surface area contributed by atoms with Gasteiger partial charge in [0.25, 0.3) is 5.91 Å². The largest absolute Gasteiger partial charge is 0.447 e. The molecule has 3 rings (SSSR count). The second-order valence-electron chi connectivity index (χ2n) is 6.16. The highest BCUT2D eigenvalue weighted by atomic mass is 19.1. The van der Waals surface area contributed by atoms with Gasteiger partial charge in [0.1, 0.15) is 5.82 Å². The third kappa shape index (κ3) is 4.02. The molecule has 2 aromatic rings. The fraction of sp³-hybridized carbons (Fsp3) is 0.300. The van der Waals surface area contributed by atoms with Crippen LogP contribution < -0.4 is 4.90 Å². The van der Waals surface area contributed by atoms with Crippen molar-refractivity contribution in [1.29, 1.82) is 0 Å². The first-order valence-corrected chi connectivity index (χ1v) is 8.56. The molecule has 1 amide bonds. The number of amides is 1. The molecule has 0 N–H and O–H groups in total. The summed E-state index contributed by atoms with van der Waals surface area (Å²) in [6, 6.07) is 15.6. The lowest BCUT2D eigenvalue weighted by molar-refractivity contribution is -0.159. The molecule has 2 aromatic carbocycles. The van der Waals surface area contributed by atoms with E-state index in [2.05, 4.69) is 0 Å². The number of piperazine rings is 1. The number of anilines is 1. The van der Waals surface area contributed by atoms with Crippen LogP contribution in [0.3, 0.4) is 0 Å². The lowest BCUT2D eigenvalue weighted by atomic mass is 10.1. The molecule has 1 atom stereocenters. The summed E-state index contributed by atoms with van der Waals surface area (Å²) >= 11 is 0. The normalized spacial score (nSPS) is 15.5. The number of halogens is 1. The van der Waals surface area contributed by atoms with Crippen LogP contribution in [0.1, 0.15) is 18.6 Å². The molecule has 0 radical (unpaired) electrons. The second kappa shape index (κ2) is 7.99. The van der Waals surface area contributed by atoms with Gasteiger partial charge in [0.15, 0.2) is 0 Å². The minimum absolute atomic E-state index is 0.250. The van der Waals surface area contributed by atoms with Crippen molar-refractivity contribution in [3.63, 3.8) is 0 Å². The molecule has 0 unspecified atom stereocenters. The van der Waals surface area contributed by atoms with Crippen LogP contribution in [0.2, 0.25) is 0 Å². The fourth-order valence-corrected chi connectivity index (χ4v) is 3.10. The summed E-state index contributed by atoms with van der Waals surface area (Å²) in [5.41, 5.74) is 1.18. The number of hydrogen-bond donors (Lipinski definition) is 0. The van der Waals surface area contributed by atoms with E-state index >= 15 is 0 Å². The van der Waals surface area contributed by atoms with E-state index < -0.39 is 12.1 Å². The van der Waals surface area contributed by atoms with Crippen LogP contribution in [-0.4, -0.2) is 43.0 Å². The maximum atomic E-state index is 13.9. The summed E-state index contributed by atoms with van der Waals surface area (Å²) in [5, 5.41) is 0. The molecule has 136 valence electrons. The number of para-hydroxylation sites is 1. The Labute approximate surface area is 152 Å². The number of carbonyl (C=O) groups is 2. The number of esters is 1. The molecule has 5 nitrogen and oxygen atoms in total. The highest BCUT2D eigenvalue weighted by Gasteiger charge is 2.31. The Balaban J connectivity index is 1.70. The predicted octanol–water partition coefficient (Wildman–Crippen LogP) is 2.78. The van der Waals surface area contributed by atoms with E-state index in [0.717, 1.165) is 0 Å². The van der Waals surface area contributed by atoms with Gasteiger partial charge < -0.3 is 14.5 Å². The zero-order chi connectivity index (χ0) is 18.5. The highest BCUT2D eigenvalue weighted by molar-refractivity contribution is 5.85. The smallest absolute Gasteiger partial charge is 0.303 e. The first-order valence-electron chi connectivity index (χ1n) is 8.56. The Morgan fingerprint density at radius 2 is 1.58 bits per heavy atom. The molecule has 1 heterocycles. The molecular formula is C20H21FN2O3. The summed E-state index contributed by atoms with van der Waals surface area (Å²) in [7, 11) is 0. The monoisotopic (exact) mass is 356 g/mol. The first-order chi connectivity index (χ1) is 12.6. The SMILES string of the molecule is CC(=O)O[C@H](C(=O)N1CCN(c2ccccc2F)CC1)c1ccccc1. The van der Waals surface area contributed by atoms with Crippen molar-refractivity contribution >= 4 is 17.6 Å². The van der Waals surface area contributed by atoms with Gasteiger partial charge in [-0.2, -0.15) is 0 Å². The molecule has 0 aliphatic carbocycles. The second-order valence-corrected chi connectivity index (χ2v) is 6.16. The summed E-state index contributed by atoms with van der Waals surface area (Å²) in [6.45, 7) is 3.22. The van der Waals surface area contributed by atoms with Crippen molar-refractivity contribution in [1.82, 2.24) is 4.90 Å². The number of rotatable bonds is 4. The maximum absolute atomic E-state index is 13.9. The molecule has 1 aliphatic heterocycles. The Kier molecular flexibility index (Phi) is 5.51. The molecular weight excluding hydrogens is 335 g/mol. The van der Waals surface area contributed by atoms with E-state index in [1.54, 1.807) is 47.4 Å². The van der Waals surface area contributed by atoms with E-state index in [0.29, 0.717) is 37.4 Å². The predicted molar refractivity (Wildman–Crippen MR) is 96.1 cm³/mol. The van der Waals surface area contributed by atoms with Crippen LogP contribution in [-0.2, 0) is 14.3 Å². The van der Waals surface area contributed by atoms with Crippen LogP contribution >= 0.6 is 0 Å². The molecule has 1 fully saturated rings. The average molecular weight is 356 g/mol. The van der Waals surface area contributed by atoms with Gasteiger partial charge >= 0.3 is 5.97 Å². The molecule has 0 spiro atoms. The van der Waals surface area contributed by atoms with Crippen molar-refractivity contribution in [2.75, 3.05) is 31.1 Å². The molecule has 0 bridgehead atoms.